The van der Waals surface area contributed by atoms with Crippen LogP contribution >= 0.6 is 11.8 Å². The van der Waals surface area contributed by atoms with Gasteiger partial charge in [0.05, 0.1) is 0 Å². The zero-order valence-electron chi connectivity index (χ0n) is 14.8. The summed E-state index contributed by atoms with van der Waals surface area (Å²) in [5, 5.41) is 0.654. The molecular formula is C23H25FS. The first kappa shape index (κ1) is 16.9. The first-order valence-corrected chi connectivity index (χ1v) is 10.4. The van der Waals surface area contributed by atoms with E-state index in [4.69, 9.17) is 0 Å². The van der Waals surface area contributed by atoms with Gasteiger partial charge in [0.1, 0.15) is 5.82 Å². The van der Waals surface area contributed by atoms with Gasteiger partial charge in [-0.05, 0) is 47.9 Å². The van der Waals surface area contributed by atoms with Crippen LogP contribution in [-0.2, 0) is 6.42 Å². The third kappa shape index (κ3) is 3.69. The van der Waals surface area contributed by atoms with E-state index < -0.39 is 0 Å². The van der Waals surface area contributed by atoms with E-state index in [0.717, 1.165) is 40.4 Å². The zero-order valence-corrected chi connectivity index (χ0v) is 15.6. The quantitative estimate of drug-likeness (QED) is 0.553. The molecule has 1 unspecified atom stereocenters. The van der Waals surface area contributed by atoms with E-state index in [1.54, 1.807) is 6.07 Å². The molecular weight excluding hydrogens is 327 g/mol. The molecule has 0 N–H and O–H groups in total. The highest BCUT2D eigenvalue weighted by Crippen LogP contribution is 2.45. The number of hydrogen-bond donors (Lipinski definition) is 0. The van der Waals surface area contributed by atoms with Crippen molar-refractivity contribution in [2.45, 2.75) is 50.7 Å². The molecule has 2 aromatic rings. The van der Waals surface area contributed by atoms with Crippen molar-refractivity contribution in [3.63, 3.8) is 0 Å². The molecule has 0 amide bonds. The van der Waals surface area contributed by atoms with Gasteiger partial charge in [0.25, 0.3) is 0 Å². The Hall–Kier alpha value is -1.54. The molecule has 2 heteroatoms. The van der Waals surface area contributed by atoms with Gasteiger partial charge in [-0.3, -0.25) is 0 Å². The number of halogens is 1. The molecule has 1 aliphatic carbocycles. The molecule has 2 aliphatic rings. The molecule has 0 radical (unpaired) electrons. The third-order valence-electron chi connectivity index (χ3n) is 5.61. The Morgan fingerprint density at radius 3 is 2.44 bits per heavy atom. The average Bonchev–Trinajstić information content (AvgIpc) is 3.06. The normalized spacial score (nSPS) is 20.4. The van der Waals surface area contributed by atoms with Crippen LogP contribution in [0.15, 0.2) is 48.5 Å². The summed E-state index contributed by atoms with van der Waals surface area (Å²) in [4.78, 5) is 1.13. The second kappa shape index (κ2) is 7.37. The lowest BCUT2D eigenvalue weighted by molar-refractivity contribution is 0.294. The Kier molecular flexibility index (Phi) is 4.98. The van der Waals surface area contributed by atoms with Crippen molar-refractivity contribution in [2.24, 2.45) is 5.92 Å². The van der Waals surface area contributed by atoms with Crippen LogP contribution in [0, 0.1) is 11.7 Å². The summed E-state index contributed by atoms with van der Waals surface area (Å²) in [5.41, 5.74) is 4.12. The summed E-state index contributed by atoms with van der Waals surface area (Å²) in [5.74, 6) is 0.823. The largest absolute Gasteiger partial charge is 0.206 e. The summed E-state index contributed by atoms with van der Waals surface area (Å²) in [6.45, 7) is 2.15. The smallest absolute Gasteiger partial charge is 0.132 e. The molecule has 1 saturated carbocycles. The van der Waals surface area contributed by atoms with Crippen LogP contribution in [0.1, 0.15) is 50.2 Å². The van der Waals surface area contributed by atoms with Crippen LogP contribution in [0.5, 0.6) is 0 Å². The van der Waals surface area contributed by atoms with Crippen molar-refractivity contribution < 1.29 is 4.39 Å². The second-order valence-electron chi connectivity index (χ2n) is 7.32. The van der Waals surface area contributed by atoms with E-state index in [0.29, 0.717) is 5.25 Å². The number of allylic oxidation sites excluding steroid dienone is 1. The minimum atomic E-state index is -0.0971. The predicted octanol–water partition coefficient (Wildman–Crippen LogP) is 7.09. The minimum Gasteiger partial charge on any atom is -0.206 e. The van der Waals surface area contributed by atoms with Crippen molar-refractivity contribution >= 4 is 16.7 Å². The minimum absolute atomic E-state index is 0.0971. The molecule has 4 rings (SSSR count). The molecule has 0 aromatic heterocycles. The molecule has 25 heavy (non-hydrogen) atoms. The SMILES string of the molecule is CCc1ccc(-c2ccc(C3=CCC(CC4CCC4)S3)c(F)c2)cc1. The summed E-state index contributed by atoms with van der Waals surface area (Å²) in [7, 11) is 0. The molecule has 0 nitrogen and oxygen atoms in total. The Bertz CT molecular complexity index is 771. The van der Waals surface area contributed by atoms with Crippen LogP contribution in [-0.4, -0.2) is 5.25 Å². The number of aryl methyl sites for hydroxylation is 1. The fourth-order valence-corrected chi connectivity index (χ4v) is 5.16. The molecule has 0 bridgehead atoms. The van der Waals surface area contributed by atoms with Crippen molar-refractivity contribution in [2.75, 3.05) is 0 Å². The van der Waals surface area contributed by atoms with Gasteiger partial charge in [0.15, 0.2) is 0 Å². The fraction of sp³-hybridized carbons (Fsp3) is 0.391. The zero-order chi connectivity index (χ0) is 17.2. The van der Waals surface area contributed by atoms with Gasteiger partial charge in [-0.1, -0.05) is 68.7 Å². The van der Waals surface area contributed by atoms with Gasteiger partial charge in [0.2, 0.25) is 0 Å². The maximum Gasteiger partial charge on any atom is 0.132 e. The van der Waals surface area contributed by atoms with Crippen LogP contribution < -0.4 is 0 Å². The van der Waals surface area contributed by atoms with Gasteiger partial charge in [-0.2, -0.15) is 0 Å². The molecule has 2 aromatic carbocycles. The molecule has 0 spiro atoms. The Balaban J connectivity index is 1.48. The molecule has 130 valence electrons. The Labute approximate surface area is 154 Å². The van der Waals surface area contributed by atoms with Gasteiger partial charge in [0, 0.05) is 15.7 Å². The maximum absolute atomic E-state index is 14.7. The lowest BCUT2D eigenvalue weighted by atomic mass is 9.82. The first-order valence-electron chi connectivity index (χ1n) is 9.49. The van der Waals surface area contributed by atoms with E-state index in [1.807, 2.05) is 17.8 Å². The van der Waals surface area contributed by atoms with E-state index in [9.17, 15) is 4.39 Å². The number of thioether (sulfide) groups is 1. The van der Waals surface area contributed by atoms with Crippen LogP contribution in [0.4, 0.5) is 4.39 Å². The average molecular weight is 353 g/mol. The highest BCUT2D eigenvalue weighted by Gasteiger charge is 2.26. The highest BCUT2D eigenvalue weighted by atomic mass is 32.2. The van der Waals surface area contributed by atoms with Gasteiger partial charge in [-0.25, -0.2) is 4.39 Å². The summed E-state index contributed by atoms with van der Waals surface area (Å²) in [6.07, 6.45) is 9.85. The summed E-state index contributed by atoms with van der Waals surface area (Å²) < 4.78 is 14.7. The monoisotopic (exact) mass is 352 g/mol. The molecule has 1 atom stereocenters. The highest BCUT2D eigenvalue weighted by molar-refractivity contribution is 8.09. The number of benzene rings is 2. The van der Waals surface area contributed by atoms with Gasteiger partial charge in [-0.15, -0.1) is 11.8 Å². The van der Waals surface area contributed by atoms with Gasteiger partial charge >= 0.3 is 0 Å². The van der Waals surface area contributed by atoms with Gasteiger partial charge < -0.3 is 0 Å². The summed E-state index contributed by atoms with van der Waals surface area (Å²) >= 11 is 1.88. The Morgan fingerprint density at radius 2 is 1.80 bits per heavy atom. The van der Waals surface area contributed by atoms with Crippen LogP contribution in [0.3, 0.4) is 0 Å². The van der Waals surface area contributed by atoms with E-state index in [2.05, 4.69) is 43.3 Å². The summed E-state index contributed by atoms with van der Waals surface area (Å²) in [6, 6.07) is 14.1. The van der Waals surface area contributed by atoms with Crippen LogP contribution in [0.2, 0.25) is 0 Å². The first-order chi connectivity index (χ1) is 12.2. The van der Waals surface area contributed by atoms with Crippen molar-refractivity contribution in [3.8, 4) is 11.1 Å². The third-order valence-corrected chi connectivity index (χ3v) is 6.97. The van der Waals surface area contributed by atoms with E-state index >= 15 is 0 Å². The lowest BCUT2D eigenvalue weighted by Crippen LogP contribution is -2.15. The van der Waals surface area contributed by atoms with E-state index in [1.165, 1.54) is 31.2 Å². The number of rotatable bonds is 5. The topological polar surface area (TPSA) is 0 Å². The van der Waals surface area contributed by atoms with Crippen molar-refractivity contribution in [1.29, 1.82) is 0 Å². The van der Waals surface area contributed by atoms with Crippen molar-refractivity contribution in [3.05, 3.63) is 65.5 Å². The van der Waals surface area contributed by atoms with Crippen molar-refractivity contribution in [1.82, 2.24) is 0 Å². The molecule has 1 aliphatic heterocycles. The standard InChI is InChI=1S/C23H25FS/c1-2-16-6-8-18(9-7-16)19-10-12-21(22(24)15-19)23-13-11-20(25-23)14-17-4-3-5-17/h6-10,12-13,15,17,20H,2-5,11,14H2,1H3. The molecule has 1 fully saturated rings. The molecule has 0 saturated heterocycles. The van der Waals surface area contributed by atoms with E-state index in [-0.39, 0.29) is 5.82 Å². The molecule has 1 heterocycles. The predicted molar refractivity (Wildman–Crippen MR) is 107 cm³/mol. The lowest BCUT2D eigenvalue weighted by Gasteiger charge is -2.27. The maximum atomic E-state index is 14.7. The Morgan fingerprint density at radius 1 is 1.04 bits per heavy atom. The fourth-order valence-electron chi connectivity index (χ4n) is 3.76. The van der Waals surface area contributed by atoms with Crippen LogP contribution in [0.25, 0.3) is 16.0 Å². The number of hydrogen-bond acceptors (Lipinski definition) is 1. The second-order valence-corrected chi connectivity index (χ2v) is 8.66.